The van der Waals surface area contributed by atoms with Gasteiger partial charge in [0.05, 0.1) is 27.7 Å². The lowest BCUT2D eigenvalue weighted by molar-refractivity contribution is -0.118. The highest BCUT2D eigenvalue weighted by Gasteiger charge is 2.24. The molecule has 4 rings (SSSR count). The van der Waals surface area contributed by atoms with Crippen molar-refractivity contribution in [3.63, 3.8) is 0 Å². The van der Waals surface area contributed by atoms with Crippen LogP contribution in [0.4, 0.5) is 11.4 Å². The van der Waals surface area contributed by atoms with E-state index in [0.717, 1.165) is 11.3 Å². The Balaban J connectivity index is 1.41. The van der Waals surface area contributed by atoms with Crippen molar-refractivity contribution in [3.05, 3.63) is 87.2 Å². The first-order valence-corrected chi connectivity index (χ1v) is 11.9. The molecule has 0 spiro atoms. The second-order valence-electron chi connectivity index (χ2n) is 7.19. The lowest BCUT2D eigenvalue weighted by Crippen LogP contribution is -2.20. The Morgan fingerprint density at radius 1 is 1.06 bits per heavy atom. The maximum atomic E-state index is 12.4. The number of hydrogen-bond donors (Lipinski definition) is 2. The molecule has 35 heavy (non-hydrogen) atoms. The molecule has 0 atom stereocenters. The number of methoxy groups -OCH3 is 1. The summed E-state index contributed by atoms with van der Waals surface area (Å²) in [7, 11) is 1.50. The van der Waals surface area contributed by atoms with Gasteiger partial charge in [-0.2, -0.15) is 0 Å². The van der Waals surface area contributed by atoms with Crippen LogP contribution in [0.1, 0.15) is 5.56 Å². The Morgan fingerprint density at radius 2 is 1.86 bits per heavy atom. The van der Waals surface area contributed by atoms with Gasteiger partial charge in [0.25, 0.3) is 11.8 Å². The molecule has 1 saturated heterocycles. The zero-order valence-corrected chi connectivity index (χ0v) is 20.7. The second-order valence-corrected chi connectivity index (χ2v) is 9.04. The van der Waals surface area contributed by atoms with Gasteiger partial charge in [0.15, 0.2) is 23.3 Å². The Kier molecular flexibility index (Phi) is 7.97. The fraction of sp³-hybridized carbons (Fsp3) is 0.0800. The van der Waals surface area contributed by atoms with Crippen LogP contribution in [-0.4, -0.2) is 30.7 Å². The number of benzene rings is 3. The number of aliphatic imine (C=N–C) groups is 1. The average Bonchev–Trinajstić information content (AvgIpc) is 3.19. The van der Waals surface area contributed by atoms with E-state index in [-0.39, 0.29) is 18.4 Å². The first kappa shape index (κ1) is 24.7. The number of ether oxygens (including phenoxy) is 2. The molecule has 0 unspecified atom stereocenters. The van der Waals surface area contributed by atoms with Crippen LogP contribution in [0.25, 0.3) is 6.08 Å². The lowest BCUT2D eigenvalue weighted by Gasteiger charge is -2.12. The predicted octanol–water partition coefficient (Wildman–Crippen LogP) is 5.91. The SMILES string of the molecule is COc1cc(/C=C2/SC(=Nc3ccccc3)NC2=O)ccc1OCC(=O)Nc1ccc(Cl)c(Cl)c1. The number of amides is 2. The molecule has 0 aliphatic carbocycles. The Bertz CT molecular complexity index is 1330. The first-order valence-electron chi connectivity index (χ1n) is 10.3. The number of anilines is 1. The van der Waals surface area contributed by atoms with Crippen molar-refractivity contribution >= 4 is 69.4 Å². The average molecular weight is 528 g/mol. The minimum atomic E-state index is -0.374. The smallest absolute Gasteiger partial charge is 0.264 e. The summed E-state index contributed by atoms with van der Waals surface area (Å²) in [6.07, 6.45) is 1.73. The third-order valence-electron chi connectivity index (χ3n) is 4.69. The Morgan fingerprint density at radius 3 is 2.60 bits per heavy atom. The van der Waals surface area contributed by atoms with Crippen LogP contribution in [0.3, 0.4) is 0 Å². The van der Waals surface area contributed by atoms with Gasteiger partial charge in [-0.1, -0.05) is 47.5 Å². The fourth-order valence-corrected chi connectivity index (χ4v) is 4.20. The van der Waals surface area contributed by atoms with E-state index in [1.165, 1.54) is 18.9 Å². The molecule has 0 aromatic heterocycles. The summed E-state index contributed by atoms with van der Waals surface area (Å²) in [5.41, 5.74) is 1.99. The standard InChI is InChI=1S/C25H19Cl2N3O4S/c1-33-21-11-15(12-22-24(32)30-25(35-22)29-16-5-3-2-4-6-16)7-10-20(21)34-14-23(31)28-17-8-9-18(26)19(27)13-17/h2-13H,14H2,1H3,(H,28,31)(H,29,30,32)/b22-12+. The summed E-state index contributed by atoms with van der Waals surface area (Å²) >= 11 is 13.1. The molecule has 2 N–H and O–H groups in total. The van der Waals surface area contributed by atoms with Gasteiger partial charge in [-0.25, -0.2) is 4.99 Å². The predicted molar refractivity (Wildman–Crippen MR) is 141 cm³/mol. The van der Waals surface area contributed by atoms with Crippen molar-refractivity contribution in [1.29, 1.82) is 0 Å². The van der Waals surface area contributed by atoms with E-state index in [1.54, 1.807) is 42.5 Å². The lowest BCUT2D eigenvalue weighted by atomic mass is 10.2. The van der Waals surface area contributed by atoms with Gasteiger partial charge in [0.1, 0.15) is 0 Å². The first-order chi connectivity index (χ1) is 16.9. The number of carbonyl (C=O) groups excluding carboxylic acids is 2. The molecular weight excluding hydrogens is 509 g/mol. The highest BCUT2D eigenvalue weighted by molar-refractivity contribution is 8.18. The molecule has 0 bridgehead atoms. The monoisotopic (exact) mass is 527 g/mol. The van der Waals surface area contributed by atoms with Crippen LogP contribution in [0.5, 0.6) is 11.5 Å². The zero-order valence-electron chi connectivity index (χ0n) is 18.4. The molecule has 1 heterocycles. The number of rotatable bonds is 7. The molecule has 3 aromatic rings. The third kappa shape index (κ3) is 6.57. The van der Waals surface area contributed by atoms with E-state index in [0.29, 0.717) is 37.3 Å². The van der Waals surface area contributed by atoms with Crippen LogP contribution in [0.15, 0.2) is 76.6 Å². The zero-order chi connectivity index (χ0) is 24.8. The summed E-state index contributed by atoms with van der Waals surface area (Å²) < 4.78 is 11.0. The van der Waals surface area contributed by atoms with Crippen molar-refractivity contribution in [1.82, 2.24) is 5.32 Å². The summed E-state index contributed by atoms with van der Waals surface area (Å²) in [6.45, 7) is -0.241. The van der Waals surface area contributed by atoms with Crippen LogP contribution < -0.4 is 20.1 Å². The molecular formula is C25H19Cl2N3O4S. The molecule has 7 nitrogen and oxygen atoms in total. The summed E-state index contributed by atoms with van der Waals surface area (Å²) in [5.74, 6) is 0.195. The van der Waals surface area contributed by atoms with E-state index in [9.17, 15) is 9.59 Å². The second kappa shape index (κ2) is 11.3. The van der Waals surface area contributed by atoms with Crippen molar-refractivity contribution in [2.75, 3.05) is 19.0 Å². The van der Waals surface area contributed by atoms with Gasteiger partial charge in [0.2, 0.25) is 0 Å². The maximum Gasteiger partial charge on any atom is 0.264 e. The number of nitrogens with zero attached hydrogens (tertiary/aromatic N) is 1. The van der Waals surface area contributed by atoms with Crippen LogP contribution in [0.2, 0.25) is 10.0 Å². The van der Waals surface area contributed by atoms with E-state index in [2.05, 4.69) is 15.6 Å². The number of halogens is 2. The molecule has 1 aliphatic rings. The Hall–Kier alpha value is -3.46. The normalized spacial score (nSPS) is 15.2. The maximum absolute atomic E-state index is 12.4. The van der Waals surface area contributed by atoms with Gasteiger partial charge in [0, 0.05) is 5.69 Å². The van der Waals surface area contributed by atoms with E-state index < -0.39 is 0 Å². The van der Waals surface area contributed by atoms with E-state index >= 15 is 0 Å². The minimum Gasteiger partial charge on any atom is -0.493 e. The number of thioether (sulfide) groups is 1. The number of nitrogens with one attached hydrogen (secondary N) is 2. The molecule has 0 saturated carbocycles. The number of carbonyl (C=O) groups is 2. The highest BCUT2D eigenvalue weighted by atomic mass is 35.5. The quantitative estimate of drug-likeness (QED) is 0.372. The third-order valence-corrected chi connectivity index (χ3v) is 6.33. The largest absolute Gasteiger partial charge is 0.493 e. The van der Waals surface area contributed by atoms with Gasteiger partial charge in [-0.15, -0.1) is 0 Å². The summed E-state index contributed by atoms with van der Waals surface area (Å²) in [4.78, 5) is 29.6. The summed E-state index contributed by atoms with van der Waals surface area (Å²) in [5, 5.41) is 6.69. The highest BCUT2D eigenvalue weighted by Crippen LogP contribution is 2.32. The van der Waals surface area contributed by atoms with Crippen LogP contribution >= 0.6 is 35.0 Å². The molecule has 1 aliphatic heterocycles. The van der Waals surface area contributed by atoms with Crippen molar-refractivity contribution < 1.29 is 19.1 Å². The van der Waals surface area contributed by atoms with Gasteiger partial charge >= 0.3 is 0 Å². The van der Waals surface area contributed by atoms with E-state index in [1.807, 2.05) is 30.3 Å². The summed E-state index contributed by atoms with van der Waals surface area (Å²) in [6, 6.07) is 19.3. The van der Waals surface area contributed by atoms with Crippen LogP contribution in [0, 0.1) is 0 Å². The van der Waals surface area contributed by atoms with Gasteiger partial charge in [-0.3, -0.25) is 9.59 Å². The van der Waals surface area contributed by atoms with Crippen molar-refractivity contribution in [2.24, 2.45) is 4.99 Å². The fourth-order valence-electron chi connectivity index (χ4n) is 3.06. The Labute approximate surface area is 216 Å². The molecule has 10 heteroatoms. The van der Waals surface area contributed by atoms with Crippen molar-refractivity contribution in [3.8, 4) is 11.5 Å². The topological polar surface area (TPSA) is 89.0 Å². The van der Waals surface area contributed by atoms with Crippen LogP contribution in [-0.2, 0) is 9.59 Å². The van der Waals surface area contributed by atoms with Gasteiger partial charge < -0.3 is 20.1 Å². The number of hydrogen-bond acceptors (Lipinski definition) is 6. The molecule has 0 radical (unpaired) electrons. The van der Waals surface area contributed by atoms with E-state index in [4.69, 9.17) is 32.7 Å². The molecule has 2 amide bonds. The number of amidine groups is 1. The number of para-hydroxylation sites is 1. The van der Waals surface area contributed by atoms with Crippen molar-refractivity contribution in [2.45, 2.75) is 0 Å². The molecule has 178 valence electrons. The molecule has 3 aromatic carbocycles. The minimum absolute atomic E-state index is 0.233. The van der Waals surface area contributed by atoms with Gasteiger partial charge in [-0.05, 0) is 65.9 Å². The molecule has 1 fully saturated rings.